The van der Waals surface area contributed by atoms with Gasteiger partial charge in [0.1, 0.15) is 11.3 Å². The van der Waals surface area contributed by atoms with Crippen molar-refractivity contribution in [2.24, 2.45) is 0 Å². The lowest BCUT2D eigenvalue weighted by Crippen LogP contribution is -2.51. The Labute approximate surface area is 185 Å². The van der Waals surface area contributed by atoms with Crippen LogP contribution in [-0.4, -0.2) is 68.5 Å². The summed E-state index contributed by atoms with van der Waals surface area (Å²) in [7, 11) is 3.53. The minimum atomic E-state index is 0.0673. The number of methoxy groups -OCH3 is 1. The SMILES string of the molecule is COc1cccc2sc(N(C)CC(=O)N3CCN(c4ccc(C(C)=O)cc4)CC3)nc12. The molecular formula is C23H26N4O3S. The molecule has 1 aromatic heterocycles. The summed E-state index contributed by atoms with van der Waals surface area (Å²) in [5, 5.41) is 0.803. The number of carbonyl (C=O) groups is 2. The highest BCUT2D eigenvalue weighted by Gasteiger charge is 2.23. The smallest absolute Gasteiger partial charge is 0.242 e. The van der Waals surface area contributed by atoms with Gasteiger partial charge >= 0.3 is 0 Å². The molecule has 4 rings (SSSR count). The van der Waals surface area contributed by atoms with E-state index < -0.39 is 0 Å². The molecular weight excluding hydrogens is 412 g/mol. The number of carbonyl (C=O) groups excluding carboxylic acids is 2. The number of hydrogen-bond donors (Lipinski definition) is 0. The second-order valence-corrected chi connectivity index (χ2v) is 8.64. The molecule has 0 aliphatic carbocycles. The highest BCUT2D eigenvalue weighted by Crippen LogP contribution is 2.33. The van der Waals surface area contributed by atoms with E-state index in [2.05, 4.69) is 9.88 Å². The van der Waals surface area contributed by atoms with Gasteiger partial charge in [-0.25, -0.2) is 4.98 Å². The van der Waals surface area contributed by atoms with E-state index in [1.54, 1.807) is 25.4 Å². The molecule has 0 N–H and O–H groups in total. The Morgan fingerprint density at radius 3 is 2.45 bits per heavy atom. The molecule has 0 spiro atoms. The normalized spacial score (nSPS) is 14.0. The number of aromatic nitrogens is 1. The molecule has 1 aliphatic rings. The Morgan fingerprint density at radius 2 is 1.81 bits per heavy atom. The quantitative estimate of drug-likeness (QED) is 0.550. The van der Waals surface area contributed by atoms with Crippen molar-refractivity contribution >= 4 is 44.1 Å². The number of benzene rings is 2. The van der Waals surface area contributed by atoms with E-state index in [9.17, 15) is 9.59 Å². The Bertz CT molecular complexity index is 1090. The first kappa shape index (κ1) is 21.1. The molecule has 0 atom stereocenters. The third-order valence-corrected chi connectivity index (χ3v) is 6.70. The maximum atomic E-state index is 12.9. The third-order valence-electron chi connectivity index (χ3n) is 5.56. The summed E-state index contributed by atoms with van der Waals surface area (Å²) in [5.41, 5.74) is 2.62. The van der Waals surface area contributed by atoms with E-state index in [4.69, 9.17) is 4.74 Å². The van der Waals surface area contributed by atoms with Crippen molar-refractivity contribution in [2.45, 2.75) is 6.92 Å². The summed E-state index contributed by atoms with van der Waals surface area (Å²) in [6, 6.07) is 13.5. The monoisotopic (exact) mass is 438 g/mol. The second-order valence-electron chi connectivity index (χ2n) is 7.63. The lowest BCUT2D eigenvalue weighted by Gasteiger charge is -2.36. The van der Waals surface area contributed by atoms with Crippen molar-refractivity contribution in [3.8, 4) is 5.75 Å². The number of amides is 1. The van der Waals surface area contributed by atoms with Crippen molar-refractivity contribution in [3.63, 3.8) is 0 Å². The molecule has 31 heavy (non-hydrogen) atoms. The van der Waals surface area contributed by atoms with Crippen LogP contribution >= 0.6 is 11.3 Å². The molecule has 7 nitrogen and oxygen atoms in total. The largest absolute Gasteiger partial charge is 0.494 e. The van der Waals surface area contributed by atoms with Crippen molar-refractivity contribution in [3.05, 3.63) is 48.0 Å². The first-order chi connectivity index (χ1) is 15.0. The van der Waals surface area contributed by atoms with Crippen molar-refractivity contribution in [1.29, 1.82) is 0 Å². The van der Waals surface area contributed by atoms with Crippen LogP contribution in [-0.2, 0) is 4.79 Å². The summed E-state index contributed by atoms with van der Waals surface area (Å²) in [4.78, 5) is 35.0. The summed E-state index contributed by atoms with van der Waals surface area (Å²) < 4.78 is 6.43. The molecule has 0 unspecified atom stereocenters. The summed E-state index contributed by atoms with van der Waals surface area (Å²) >= 11 is 1.56. The van der Waals surface area contributed by atoms with Gasteiger partial charge in [-0.2, -0.15) is 0 Å². The number of hydrogen-bond acceptors (Lipinski definition) is 7. The van der Waals surface area contributed by atoms with Gasteiger partial charge in [0, 0.05) is 44.5 Å². The predicted octanol–water partition coefficient (Wildman–Crippen LogP) is 3.29. The van der Waals surface area contributed by atoms with Crippen LogP contribution in [0.2, 0.25) is 0 Å². The van der Waals surface area contributed by atoms with Gasteiger partial charge in [0.25, 0.3) is 0 Å². The summed E-state index contributed by atoms with van der Waals surface area (Å²) in [6.07, 6.45) is 0. The van der Waals surface area contributed by atoms with Crippen LogP contribution in [0.3, 0.4) is 0 Å². The number of ether oxygens (including phenoxy) is 1. The second kappa shape index (κ2) is 8.93. The molecule has 0 radical (unpaired) electrons. The number of likely N-dealkylation sites (N-methyl/N-ethyl adjacent to an activating group) is 1. The highest BCUT2D eigenvalue weighted by atomic mass is 32.1. The molecule has 0 bridgehead atoms. The molecule has 3 aromatic rings. The van der Waals surface area contributed by atoms with Crippen molar-refractivity contribution in [1.82, 2.24) is 9.88 Å². The van der Waals surface area contributed by atoms with Crippen LogP contribution in [0.25, 0.3) is 10.2 Å². The molecule has 2 heterocycles. The Kier molecular flexibility index (Phi) is 6.08. The third kappa shape index (κ3) is 4.49. The molecule has 1 amide bonds. The number of para-hydroxylation sites is 1. The average molecular weight is 439 g/mol. The van der Waals surface area contributed by atoms with Crippen molar-refractivity contribution < 1.29 is 14.3 Å². The molecule has 8 heteroatoms. The topological polar surface area (TPSA) is 66.0 Å². The standard InChI is InChI=1S/C23H26N4O3S/c1-16(28)17-7-9-18(10-8-17)26-11-13-27(14-12-26)21(29)15-25(2)23-24-22-19(30-3)5-4-6-20(22)31-23/h4-10H,11-15H2,1-3H3. The van der Waals surface area contributed by atoms with Gasteiger partial charge in [-0.1, -0.05) is 17.4 Å². The van der Waals surface area contributed by atoms with Crippen molar-refractivity contribution in [2.75, 3.05) is 56.7 Å². The number of piperazine rings is 1. The fourth-order valence-corrected chi connectivity index (χ4v) is 4.67. The van der Waals surface area contributed by atoms with Crippen LogP contribution in [0.1, 0.15) is 17.3 Å². The van der Waals surface area contributed by atoms with Crippen LogP contribution in [0.5, 0.6) is 5.75 Å². The van der Waals surface area contributed by atoms with E-state index in [1.807, 2.05) is 59.3 Å². The number of anilines is 2. The first-order valence-electron chi connectivity index (χ1n) is 10.2. The van der Waals surface area contributed by atoms with E-state index in [1.165, 1.54) is 0 Å². The molecule has 162 valence electrons. The number of rotatable bonds is 6. The van der Waals surface area contributed by atoms with Gasteiger partial charge in [-0.15, -0.1) is 0 Å². The maximum absolute atomic E-state index is 12.9. The van der Waals surface area contributed by atoms with E-state index >= 15 is 0 Å². The Hall–Kier alpha value is -3.13. The van der Waals surface area contributed by atoms with Gasteiger partial charge in [0.05, 0.1) is 18.4 Å². The number of fused-ring (bicyclic) bond motifs is 1. The van der Waals surface area contributed by atoms with E-state index in [0.717, 1.165) is 39.9 Å². The molecule has 0 saturated carbocycles. The Balaban J connectivity index is 1.35. The molecule has 1 fully saturated rings. The first-order valence-corrected chi connectivity index (χ1v) is 11.1. The minimum Gasteiger partial charge on any atom is -0.494 e. The molecule has 1 saturated heterocycles. The molecule has 1 aliphatic heterocycles. The van der Waals surface area contributed by atoms with Gasteiger partial charge in [-0.05, 0) is 43.3 Å². The van der Waals surface area contributed by atoms with Gasteiger partial charge in [0.15, 0.2) is 10.9 Å². The summed E-state index contributed by atoms with van der Waals surface area (Å²) in [6.45, 7) is 4.75. The average Bonchev–Trinajstić information content (AvgIpc) is 3.24. The van der Waals surface area contributed by atoms with Gasteiger partial charge in [-0.3, -0.25) is 9.59 Å². The number of nitrogens with zero attached hydrogens (tertiary/aromatic N) is 4. The molecule has 2 aromatic carbocycles. The van der Waals surface area contributed by atoms with Crippen LogP contribution in [0.4, 0.5) is 10.8 Å². The van der Waals surface area contributed by atoms with Gasteiger partial charge < -0.3 is 19.4 Å². The van der Waals surface area contributed by atoms with E-state index in [-0.39, 0.29) is 18.2 Å². The number of ketones is 1. The van der Waals surface area contributed by atoms with Crippen LogP contribution in [0, 0.1) is 0 Å². The van der Waals surface area contributed by atoms with E-state index in [0.29, 0.717) is 18.7 Å². The fourth-order valence-electron chi connectivity index (χ4n) is 3.73. The van der Waals surface area contributed by atoms with Crippen LogP contribution < -0.4 is 14.5 Å². The maximum Gasteiger partial charge on any atom is 0.242 e. The lowest BCUT2D eigenvalue weighted by molar-refractivity contribution is -0.129. The highest BCUT2D eigenvalue weighted by molar-refractivity contribution is 7.22. The van der Waals surface area contributed by atoms with Gasteiger partial charge in [0.2, 0.25) is 5.91 Å². The summed E-state index contributed by atoms with van der Waals surface area (Å²) in [5.74, 6) is 0.908. The zero-order valence-corrected chi connectivity index (χ0v) is 18.8. The Morgan fingerprint density at radius 1 is 1.10 bits per heavy atom. The number of thiazole rings is 1. The zero-order chi connectivity index (χ0) is 22.0. The van der Waals surface area contributed by atoms with Crippen LogP contribution in [0.15, 0.2) is 42.5 Å². The fraction of sp³-hybridized carbons (Fsp3) is 0.348. The number of Topliss-reactive ketones (excluding diaryl/α,β-unsaturated/α-hetero) is 1. The minimum absolute atomic E-state index is 0.0673. The predicted molar refractivity (Wildman–Crippen MR) is 125 cm³/mol. The lowest BCUT2D eigenvalue weighted by atomic mass is 10.1. The zero-order valence-electron chi connectivity index (χ0n) is 18.0.